The van der Waals surface area contributed by atoms with E-state index in [1.54, 1.807) is 18.3 Å². The molecule has 0 amide bonds. The number of carbonyl (C=O) groups is 1. The van der Waals surface area contributed by atoms with E-state index in [0.717, 1.165) is 18.4 Å². The lowest BCUT2D eigenvalue weighted by Crippen LogP contribution is -2.26. The van der Waals surface area contributed by atoms with Crippen LogP contribution in [0.15, 0.2) is 18.3 Å². The van der Waals surface area contributed by atoms with Gasteiger partial charge in [0.15, 0.2) is 5.78 Å². The third kappa shape index (κ3) is 3.01. The molecule has 92 valence electrons. The number of nitrogens with two attached hydrogens (primary N) is 2. The average molecular weight is 235 g/mol. The van der Waals surface area contributed by atoms with E-state index in [1.165, 1.54) is 0 Å². The zero-order chi connectivity index (χ0) is 12.3. The van der Waals surface area contributed by atoms with Gasteiger partial charge in [0.2, 0.25) is 0 Å². The van der Waals surface area contributed by atoms with E-state index in [2.05, 4.69) is 4.98 Å². The molecular weight excluding hydrogens is 218 g/mol. The van der Waals surface area contributed by atoms with Crippen LogP contribution in [0.25, 0.3) is 0 Å². The Bertz CT molecular complexity index is 408. The van der Waals surface area contributed by atoms with Gasteiger partial charge in [0.1, 0.15) is 11.9 Å². The maximum atomic E-state index is 12.0. The number of carbonyl (C=O) groups excluding carboxylic acids is 1. The van der Waals surface area contributed by atoms with Gasteiger partial charge in [-0.05, 0) is 30.5 Å². The van der Waals surface area contributed by atoms with Crippen LogP contribution in [0.1, 0.15) is 18.4 Å². The molecule has 17 heavy (non-hydrogen) atoms. The molecule has 1 aliphatic rings. The first-order valence-electron chi connectivity index (χ1n) is 5.77. The zero-order valence-corrected chi connectivity index (χ0v) is 9.63. The molecular formula is C12H17N3O2. The summed E-state index contributed by atoms with van der Waals surface area (Å²) < 4.78 is 5.55. The molecule has 5 heteroatoms. The number of hydrogen-bond donors (Lipinski definition) is 2. The average Bonchev–Trinajstić information content (AvgIpc) is 2.77. The highest BCUT2D eigenvalue weighted by Gasteiger charge is 2.29. The number of nitrogen functional groups attached to an aromatic ring is 1. The summed E-state index contributed by atoms with van der Waals surface area (Å²) in [6.45, 7) is 0.478. The van der Waals surface area contributed by atoms with Gasteiger partial charge in [0, 0.05) is 19.2 Å². The molecule has 1 saturated heterocycles. The van der Waals surface area contributed by atoms with Crippen molar-refractivity contribution in [2.24, 2.45) is 5.73 Å². The minimum Gasteiger partial charge on any atom is -0.384 e. The van der Waals surface area contributed by atoms with E-state index in [9.17, 15) is 4.79 Å². The van der Waals surface area contributed by atoms with E-state index in [4.69, 9.17) is 16.2 Å². The quantitative estimate of drug-likeness (QED) is 0.782. The number of pyridine rings is 1. The topological polar surface area (TPSA) is 91.2 Å². The van der Waals surface area contributed by atoms with Crippen LogP contribution in [-0.2, 0) is 16.0 Å². The molecule has 1 fully saturated rings. The first kappa shape index (κ1) is 12.0. The van der Waals surface area contributed by atoms with Gasteiger partial charge >= 0.3 is 0 Å². The van der Waals surface area contributed by atoms with Gasteiger partial charge in [-0.2, -0.15) is 0 Å². The fourth-order valence-electron chi connectivity index (χ4n) is 2.04. The maximum Gasteiger partial charge on any atom is 0.165 e. The third-order valence-corrected chi connectivity index (χ3v) is 2.95. The summed E-state index contributed by atoms with van der Waals surface area (Å²) in [5, 5.41) is 0. The van der Waals surface area contributed by atoms with Crippen LogP contribution in [0.4, 0.5) is 5.82 Å². The second-order valence-electron chi connectivity index (χ2n) is 4.29. The molecule has 1 aliphatic heterocycles. The molecule has 2 rings (SSSR count). The van der Waals surface area contributed by atoms with Crippen LogP contribution in [0.5, 0.6) is 0 Å². The van der Waals surface area contributed by atoms with Gasteiger partial charge in [-0.25, -0.2) is 4.98 Å². The SMILES string of the molecule is NCC1CCC(C(=O)Cc2ccnc(N)c2)O1. The second-order valence-corrected chi connectivity index (χ2v) is 4.29. The van der Waals surface area contributed by atoms with Crippen molar-refractivity contribution in [3.8, 4) is 0 Å². The monoisotopic (exact) mass is 235 g/mol. The highest BCUT2D eigenvalue weighted by atomic mass is 16.5. The Morgan fingerprint density at radius 1 is 1.53 bits per heavy atom. The Morgan fingerprint density at radius 3 is 3.00 bits per heavy atom. The summed E-state index contributed by atoms with van der Waals surface area (Å²) in [5.41, 5.74) is 11.9. The van der Waals surface area contributed by atoms with Crippen LogP contribution in [0.3, 0.4) is 0 Å². The molecule has 0 aromatic carbocycles. The Balaban J connectivity index is 1.93. The van der Waals surface area contributed by atoms with E-state index in [0.29, 0.717) is 18.8 Å². The summed E-state index contributed by atoms with van der Waals surface area (Å²) in [7, 11) is 0. The number of nitrogens with zero attached hydrogens (tertiary/aromatic N) is 1. The normalized spacial score (nSPS) is 23.8. The summed E-state index contributed by atoms with van der Waals surface area (Å²) >= 11 is 0. The Labute approximate surface area is 100 Å². The number of aromatic nitrogens is 1. The Hall–Kier alpha value is -1.46. The molecule has 2 unspecified atom stereocenters. The minimum atomic E-state index is -0.307. The van der Waals surface area contributed by atoms with Crippen molar-refractivity contribution in [2.75, 3.05) is 12.3 Å². The van der Waals surface area contributed by atoms with Crippen molar-refractivity contribution in [1.82, 2.24) is 4.98 Å². The molecule has 1 aromatic heterocycles. The molecule has 2 atom stereocenters. The molecule has 1 aromatic rings. The fourth-order valence-corrected chi connectivity index (χ4v) is 2.04. The van der Waals surface area contributed by atoms with Gasteiger partial charge in [-0.3, -0.25) is 4.79 Å². The standard InChI is InChI=1S/C12H17N3O2/c13-7-9-1-2-11(17-9)10(16)5-8-3-4-15-12(14)6-8/h3-4,6,9,11H,1-2,5,7,13H2,(H2,14,15). The highest BCUT2D eigenvalue weighted by molar-refractivity contribution is 5.85. The van der Waals surface area contributed by atoms with Crippen LogP contribution in [0.2, 0.25) is 0 Å². The van der Waals surface area contributed by atoms with Gasteiger partial charge < -0.3 is 16.2 Å². The zero-order valence-electron chi connectivity index (χ0n) is 9.63. The van der Waals surface area contributed by atoms with Crippen LogP contribution in [0, 0.1) is 0 Å². The molecule has 4 N–H and O–H groups in total. The van der Waals surface area contributed by atoms with E-state index >= 15 is 0 Å². The molecule has 0 aliphatic carbocycles. The van der Waals surface area contributed by atoms with Crippen LogP contribution in [-0.4, -0.2) is 29.5 Å². The molecule has 0 saturated carbocycles. The van der Waals surface area contributed by atoms with E-state index < -0.39 is 0 Å². The Morgan fingerprint density at radius 2 is 2.35 bits per heavy atom. The van der Waals surface area contributed by atoms with E-state index in [1.807, 2.05) is 0 Å². The van der Waals surface area contributed by atoms with Gasteiger partial charge in [-0.15, -0.1) is 0 Å². The summed E-state index contributed by atoms with van der Waals surface area (Å²) in [4.78, 5) is 15.8. The van der Waals surface area contributed by atoms with Crippen molar-refractivity contribution in [3.63, 3.8) is 0 Å². The largest absolute Gasteiger partial charge is 0.384 e. The second kappa shape index (κ2) is 5.25. The predicted molar refractivity (Wildman–Crippen MR) is 64.3 cm³/mol. The lowest BCUT2D eigenvalue weighted by molar-refractivity contribution is -0.128. The molecule has 5 nitrogen and oxygen atoms in total. The number of ketones is 1. The van der Waals surface area contributed by atoms with Crippen molar-refractivity contribution in [1.29, 1.82) is 0 Å². The summed E-state index contributed by atoms with van der Waals surface area (Å²) in [6, 6.07) is 3.51. The fraction of sp³-hybridized carbons (Fsp3) is 0.500. The minimum absolute atomic E-state index is 0.0338. The molecule has 0 bridgehead atoms. The van der Waals surface area contributed by atoms with Crippen molar-refractivity contribution in [2.45, 2.75) is 31.5 Å². The van der Waals surface area contributed by atoms with Gasteiger partial charge in [0.25, 0.3) is 0 Å². The maximum absolute atomic E-state index is 12.0. The molecule has 0 radical (unpaired) electrons. The predicted octanol–water partition coefficient (Wildman–Crippen LogP) is 0.282. The first-order valence-corrected chi connectivity index (χ1v) is 5.77. The number of hydrogen-bond acceptors (Lipinski definition) is 5. The molecule has 0 spiro atoms. The van der Waals surface area contributed by atoms with Crippen molar-refractivity contribution >= 4 is 11.6 Å². The van der Waals surface area contributed by atoms with Crippen molar-refractivity contribution in [3.05, 3.63) is 23.9 Å². The number of rotatable bonds is 4. The highest BCUT2D eigenvalue weighted by Crippen LogP contribution is 2.21. The van der Waals surface area contributed by atoms with Gasteiger partial charge in [-0.1, -0.05) is 0 Å². The smallest absolute Gasteiger partial charge is 0.165 e. The third-order valence-electron chi connectivity index (χ3n) is 2.95. The lowest BCUT2D eigenvalue weighted by Gasteiger charge is -2.11. The van der Waals surface area contributed by atoms with Crippen LogP contribution < -0.4 is 11.5 Å². The van der Waals surface area contributed by atoms with Crippen molar-refractivity contribution < 1.29 is 9.53 Å². The molecule has 2 heterocycles. The summed E-state index contributed by atoms with van der Waals surface area (Å²) in [6.07, 6.45) is 3.31. The number of Topliss-reactive ketones (excluding diaryl/α,β-unsaturated/α-hetero) is 1. The number of ether oxygens (including phenoxy) is 1. The van der Waals surface area contributed by atoms with Crippen LogP contribution >= 0.6 is 0 Å². The van der Waals surface area contributed by atoms with Gasteiger partial charge in [0.05, 0.1) is 6.10 Å². The first-order chi connectivity index (χ1) is 8.19. The number of anilines is 1. The summed E-state index contributed by atoms with van der Waals surface area (Å²) in [5.74, 6) is 0.522. The lowest BCUT2D eigenvalue weighted by atomic mass is 10.0. The van der Waals surface area contributed by atoms with E-state index in [-0.39, 0.29) is 18.0 Å². The Kier molecular flexibility index (Phi) is 3.71.